The van der Waals surface area contributed by atoms with Gasteiger partial charge in [0.2, 0.25) is 10.0 Å². The van der Waals surface area contributed by atoms with Crippen LogP contribution < -0.4 is 14.2 Å². The molecule has 0 aromatic heterocycles. The number of methoxy groups -OCH3 is 2. The van der Waals surface area contributed by atoms with E-state index in [1.807, 2.05) is 31.2 Å². The summed E-state index contributed by atoms with van der Waals surface area (Å²) in [5, 5.41) is 0. The Hall–Kier alpha value is -2.05. The van der Waals surface area contributed by atoms with E-state index >= 15 is 0 Å². The Morgan fingerprint density at radius 2 is 1.64 bits per heavy atom. The summed E-state index contributed by atoms with van der Waals surface area (Å²) in [5.74, 6) is 0.864. The number of rotatable bonds is 8. The number of aryl methyl sites for hydroxylation is 1. The first-order valence-corrected chi connectivity index (χ1v) is 9.72. The average molecular weight is 363 g/mol. The van der Waals surface area contributed by atoms with Gasteiger partial charge in [-0.15, -0.1) is 0 Å². The van der Waals surface area contributed by atoms with Gasteiger partial charge >= 0.3 is 0 Å². The maximum absolute atomic E-state index is 12.6. The van der Waals surface area contributed by atoms with Gasteiger partial charge in [0.05, 0.1) is 19.1 Å². The average Bonchev–Trinajstić information content (AvgIpc) is 2.61. The number of hydrogen-bond donors (Lipinski definition) is 1. The van der Waals surface area contributed by atoms with Crippen molar-refractivity contribution >= 4 is 10.0 Å². The highest BCUT2D eigenvalue weighted by Crippen LogP contribution is 2.30. The fraction of sp³-hybridized carbons (Fsp3) is 0.368. The summed E-state index contributed by atoms with van der Waals surface area (Å²) in [7, 11) is -0.688. The maximum Gasteiger partial charge on any atom is 0.241 e. The van der Waals surface area contributed by atoms with E-state index in [1.54, 1.807) is 6.07 Å². The zero-order valence-electron chi connectivity index (χ0n) is 15.1. The van der Waals surface area contributed by atoms with Crippen LogP contribution in [0.5, 0.6) is 11.5 Å². The summed E-state index contributed by atoms with van der Waals surface area (Å²) in [6.45, 7) is 3.96. The molecular formula is C19H25NO4S. The molecule has 0 saturated carbocycles. The van der Waals surface area contributed by atoms with Crippen LogP contribution in [0.15, 0.2) is 47.4 Å². The largest absolute Gasteiger partial charge is 0.493 e. The monoisotopic (exact) mass is 363 g/mol. The Morgan fingerprint density at radius 3 is 2.20 bits per heavy atom. The van der Waals surface area contributed by atoms with Crippen LogP contribution in [0.25, 0.3) is 0 Å². The van der Waals surface area contributed by atoms with E-state index in [2.05, 4.69) is 11.6 Å². The Bertz CT molecular complexity index is 801. The highest BCUT2D eigenvalue weighted by molar-refractivity contribution is 7.89. The number of benzene rings is 2. The molecule has 1 atom stereocenters. The molecule has 6 heteroatoms. The molecule has 0 heterocycles. The van der Waals surface area contributed by atoms with Crippen molar-refractivity contribution in [3.8, 4) is 11.5 Å². The van der Waals surface area contributed by atoms with Crippen molar-refractivity contribution < 1.29 is 17.9 Å². The lowest BCUT2D eigenvalue weighted by atomic mass is 10.0. The summed E-state index contributed by atoms with van der Waals surface area (Å²) in [4.78, 5) is 0.139. The van der Waals surface area contributed by atoms with E-state index in [9.17, 15) is 8.42 Å². The first-order chi connectivity index (χ1) is 11.9. The standard InChI is InChI=1S/C19H25NO4S/c1-5-6-15-7-9-16(10-8-15)14(2)20-25(21,22)17-11-12-18(23-3)19(13-17)24-4/h7-14,20H,5-6H2,1-4H3. The Morgan fingerprint density at radius 1 is 1.00 bits per heavy atom. The van der Waals surface area contributed by atoms with Crippen LogP contribution in [0, 0.1) is 0 Å². The second-order valence-electron chi connectivity index (χ2n) is 5.85. The molecule has 2 aromatic rings. The molecule has 0 radical (unpaired) electrons. The number of hydrogen-bond acceptors (Lipinski definition) is 4. The minimum Gasteiger partial charge on any atom is -0.493 e. The summed E-state index contributed by atoms with van der Waals surface area (Å²) in [5.41, 5.74) is 2.17. The maximum atomic E-state index is 12.6. The predicted molar refractivity (Wildman–Crippen MR) is 98.7 cm³/mol. The van der Waals surface area contributed by atoms with Crippen molar-refractivity contribution in [2.24, 2.45) is 0 Å². The molecule has 0 amide bonds. The molecule has 25 heavy (non-hydrogen) atoms. The Balaban J connectivity index is 2.19. The molecule has 0 spiro atoms. The van der Waals surface area contributed by atoms with Crippen LogP contribution in [-0.2, 0) is 16.4 Å². The lowest BCUT2D eigenvalue weighted by molar-refractivity contribution is 0.354. The first-order valence-electron chi connectivity index (χ1n) is 8.24. The van der Waals surface area contributed by atoms with Crippen LogP contribution in [0.1, 0.15) is 37.4 Å². The van der Waals surface area contributed by atoms with Gasteiger partial charge in [-0.1, -0.05) is 37.6 Å². The summed E-state index contributed by atoms with van der Waals surface area (Å²) >= 11 is 0. The Kier molecular flexibility index (Phi) is 6.45. The fourth-order valence-corrected chi connectivity index (χ4v) is 3.86. The van der Waals surface area contributed by atoms with Gasteiger partial charge in [-0.3, -0.25) is 0 Å². The zero-order chi connectivity index (χ0) is 18.4. The van der Waals surface area contributed by atoms with E-state index in [0.717, 1.165) is 18.4 Å². The Labute approximate surface area is 150 Å². The van der Waals surface area contributed by atoms with Crippen LogP contribution in [0.2, 0.25) is 0 Å². The molecule has 5 nitrogen and oxygen atoms in total. The van der Waals surface area contributed by atoms with Gasteiger partial charge in [-0.2, -0.15) is 0 Å². The fourth-order valence-electron chi connectivity index (χ4n) is 2.61. The molecule has 0 fully saturated rings. The van der Waals surface area contributed by atoms with Gasteiger partial charge in [0.15, 0.2) is 11.5 Å². The lowest BCUT2D eigenvalue weighted by Crippen LogP contribution is -2.27. The smallest absolute Gasteiger partial charge is 0.241 e. The van der Waals surface area contributed by atoms with Gasteiger partial charge in [-0.05, 0) is 36.6 Å². The second-order valence-corrected chi connectivity index (χ2v) is 7.57. The van der Waals surface area contributed by atoms with Crippen molar-refractivity contribution in [2.45, 2.75) is 37.6 Å². The molecule has 0 aliphatic carbocycles. The van der Waals surface area contributed by atoms with Crippen molar-refractivity contribution in [2.75, 3.05) is 14.2 Å². The predicted octanol–water partition coefficient (Wildman–Crippen LogP) is 3.70. The van der Waals surface area contributed by atoms with Crippen molar-refractivity contribution in [3.63, 3.8) is 0 Å². The topological polar surface area (TPSA) is 64.6 Å². The van der Waals surface area contributed by atoms with E-state index in [0.29, 0.717) is 11.5 Å². The normalized spacial score (nSPS) is 12.6. The summed E-state index contributed by atoms with van der Waals surface area (Å²) in [6, 6.07) is 12.2. The SMILES string of the molecule is CCCc1ccc(C(C)NS(=O)(=O)c2ccc(OC)c(OC)c2)cc1. The first kappa shape index (κ1) is 19.3. The molecule has 2 rings (SSSR count). The molecule has 1 N–H and O–H groups in total. The van der Waals surface area contributed by atoms with Crippen molar-refractivity contribution in [1.29, 1.82) is 0 Å². The number of sulfonamides is 1. The van der Waals surface area contributed by atoms with Gasteiger partial charge in [-0.25, -0.2) is 13.1 Å². The molecule has 0 aliphatic heterocycles. The number of ether oxygens (including phenoxy) is 2. The minimum absolute atomic E-state index is 0.139. The van der Waals surface area contributed by atoms with Gasteiger partial charge in [0, 0.05) is 12.1 Å². The van der Waals surface area contributed by atoms with E-state index in [1.165, 1.54) is 31.9 Å². The number of nitrogens with one attached hydrogen (secondary N) is 1. The molecule has 0 bridgehead atoms. The van der Waals surface area contributed by atoms with Crippen molar-refractivity contribution in [1.82, 2.24) is 4.72 Å². The molecule has 1 unspecified atom stereocenters. The second kappa shape index (κ2) is 8.36. The quantitative estimate of drug-likeness (QED) is 0.777. The third kappa shape index (κ3) is 4.74. The van der Waals surface area contributed by atoms with Gasteiger partial charge in [0.1, 0.15) is 0 Å². The van der Waals surface area contributed by atoms with E-state index in [-0.39, 0.29) is 10.9 Å². The molecule has 0 aliphatic rings. The van der Waals surface area contributed by atoms with Crippen LogP contribution >= 0.6 is 0 Å². The van der Waals surface area contributed by atoms with E-state index in [4.69, 9.17) is 9.47 Å². The summed E-state index contributed by atoms with van der Waals surface area (Å²) < 4.78 is 38.3. The molecule has 136 valence electrons. The van der Waals surface area contributed by atoms with Gasteiger partial charge in [0.25, 0.3) is 0 Å². The third-order valence-electron chi connectivity index (χ3n) is 4.02. The highest BCUT2D eigenvalue weighted by atomic mass is 32.2. The lowest BCUT2D eigenvalue weighted by Gasteiger charge is -2.16. The van der Waals surface area contributed by atoms with Gasteiger partial charge < -0.3 is 9.47 Å². The summed E-state index contributed by atoms with van der Waals surface area (Å²) in [6.07, 6.45) is 2.10. The highest BCUT2D eigenvalue weighted by Gasteiger charge is 2.20. The molecule has 0 saturated heterocycles. The van der Waals surface area contributed by atoms with Crippen LogP contribution in [0.3, 0.4) is 0 Å². The molecular weight excluding hydrogens is 338 g/mol. The van der Waals surface area contributed by atoms with Crippen LogP contribution in [-0.4, -0.2) is 22.6 Å². The van der Waals surface area contributed by atoms with Crippen LogP contribution in [0.4, 0.5) is 0 Å². The molecule has 2 aromatic carbocycles. The minimum atomic E-state index is -3.67. The van der Waals surface area contributed by atoms with Crippen molar-refractivity contribution in [3.05, 3.63) is 53.6 Å². The third-order valence-corrected chi connectivity index (χ3v) is 5.55. The zero-order valence-corrected chi connectivity index (χ0v) is 15.9. The van der Waals surface area contributed by atoms with E-state index < -0.39 is 10.0 Å².